The first-order valence-corrected chi connectivity index (χ1v) is 10.1. The van der Waals surface area contributed by atoms with Gasteiger partial charge in [-0.25, -0.2) is 9.67 Å². The third kappa shape index (κ3) is 3.37. The molecule has 2 aromatic rings. The molecule has 0 aromatic carbocycles. The third-order valence-electron chi connectivity index (χ3n) is 5.73. The maximum atomic E-state index is 13.3. The van der Waals surface area contributed by atoms with Crippen LogP contribution in [-0.4, -0.2) is 75.1 Å². The number of fused-ring (bicyclic) bond motifs is 1. The molecule has 2 saturated heterocycles. The summed E-state index contributed by atoms with van der Waals surface area (Å²) in [5, 5.41) is 8.40. The average molecular weight is 384 g/mol. The fourth-order valence-corrected chi connectivity index (χ4v) is 4.23. The molecule has 0 radical (unpaired) electrons. The number of hydrogen-bond acceptors (Lipinski definition) is 5. The van der Waals surface area contributed by atoms with Gasteiger partial charge in [0.25, 0.3) is 5.91 Å². The Morgan fingerprint density at radius 1 is 1.32 bits per heavy atom. The van der Waals surface area contributed by atoms with Crippen molar-refractivity contribution in [1.29, 1.82) is 0 Å². The van der Waals surface area contributed by atoms with Crippen molar-refractivity contribution in [3.63, 3.8) is 0 Å². The summed E-state index contributed by atoms with van der Waals surface area (Å²) in [6, 6.07) is 2.23. The van der Waals surface area contributed by atoms with Crippen LogP contribution in [0.15, 0.2) is 12.3 Å². The highest BCUT2D eigenvalue weighted by Crippen LogP contribution is 2.23. The molecule has 2 aliphatic heterocycles. The smallest absolute Gasteiger partial charge is 0.255 e. The average Bonchev–Trinajstić information content (AvgIpc) is 3.10. The normalized spacial score (nSPS) is 21.0. The van der Waals surface area contributed by atoms with Crippen LogP contribution in [0.3, 0.4) is 0 Å². The van der Waals surface area contributed by atoms with Gasteiger partial charge in [0.15, 0.2) is 5.65 Å². The van der Waals surface area contributed by atoms with E-state index in [1.807, 2.05) is 27.5 Å². The highest BCUT2D eigenvalue weighted by Gasteiger charge is 2.32. The number of aromatic nitrogens is 3. The summed E-state index contributed by atoms with van der Waals surface area (Å²) < 4.78 is 1.88. The standard InChI is InChI=1S/C20H28N6O2/c1-13(2)26-19-15(10-22-26)9-17(14(3)23-19)20(28)24-7-4-5-16(12-24)25-8-6-21-11-18(25)27/h9-10,13,16,21H,4-8,11-12H2,1-3H3. The molecule has 1 N–H and O–H groups in total. The van der Waals surface area contributed by atoms with Gasteiger partial charge < -0.3 is 15.1 Å². The summed E-state index contributed by atoms with van der Waals surface area (Å²) in [6.45, 7) is 9.24. The molecule has 1 unspecified atom stereocenters. The molecule has 8 nitrogen and oxygen atoms in total. The van der Waals surface area contributed by atoms with E-state index in [9.17, 15) is 9.59 Å². The van der Waals surface area contributed by atoms with Crippen LogP contribution < -0.4 is 5.32 Å². The van der Waals surface area contributed by atoms with E-state index in [0.29, 0.717) is 25.2 Å². The van der Waals surface area contributed by atoms with Gasteiger partial charge in [0, 0.05) is 43.6 Å². The van der Waals surface area contributed by atoms with Crippen LogP contribution in [0.2, 0.25) is 0 Å². The topological polar surface area (TPSA) is 83.4 Å². The van der Waals surface area contributed by atoms with E-state index in [0.717, 1.165) is 42.7 Å². The summed E-state index contributed by atoms with van der Waals surface area (Å²) >= 11 is 0. The van der Waals surface area contributed by atoms with Gasteiger partial charge in [-0.3, -0.25) is 9.59 Å². The largest absolute Gasteiger partial charge is 0.337 e. The van der Waals surface area contributed by atoms with Crippen LogP contribution in [0.25, 0.3) is 11.0 Å². The van der Waals surface area contributed by atoms with Gasteiger partial charge in [-0.2, -0.15) is 5.10 Å². The van der Waals surface area contributed by atoms with Crippen LogP contribution in [0.4, 0.5) is 0 Å². The molecule has 150 valence electrons. The molecule has 0 aliphatic carbocycles. The summed E-state index contributed by atoms with van der Waals surface area (Å²) in [5.74, 6) is 0.127. The Balaban J connectivity index is 1.56. The number of carbonyl (C=O) groups excluding carboxylic acids is 2. The van der Waals surface area contributed by atoms with Gasteiger partial charge in [0.2, 0.25) is 5.91 Å². The molecule has 4 heterocycles. The first-order chi connectivity index (χ1) is 13.5. The van der Waals surface area contributed by atoms with Gasteiger partial charge in [-0.05, 0) is 39.7 Å². The first kappa shape index (κ1) is 18.9. The minimum atomic E-state index is -0.00326. The van der Waals surface area contributed by atoms with Gasteiger partial charge in [-0.15, -0.1) is 0 Å². The molecular formula is C20H28N6O2. The minimum absolute atomic E-state index is 0.00326. The Bertz CT molecular complexity index is 905. The summed E-state index contributed by atoms with van der Waals surface area (Å²) in [6.07, 6.45) is 3.64. The number of likely N-dealkylation sites (tertiary alicyclic amines) is 1. The summed E-state index contributed by atoms with van der Waals surface area (Å²) in [7, 11) is 0. The predicted molar refractivity (Wildman–Crippen MR) is 106 cm³/mol. The van der Waals surface area contributed by atoms with Gasteiger partial charge in [0.05, 0.1) is 24.0 Å². The number of piperazine rings is 1. The van der Waals surface area contributed by atoms with Crippen molar-refractivity contribution >= 4 is 22.8 Å². The SMILES string of the molecule is Cc1nc2c(cnn2C(C)C)cc1C(=O)N1CCCC(N2CCNCC2=O)C1. The van der Waals surface area contributed by atoms with Crippen LogP contribution in [0.1, 0.15) is 48.8 Å². The Morgan fingerprint density at radius 3 is 2.89 bits per heavy atom. The molecule has 2 aromatic heterocycles. The molecule has 8 heteroatoms. The Hall–Kier alpha value is -2.48. The van der Waals surface area contributed by atoms with Gasteiger partial charge in [0.1, 0.15) is 0 Å². The fraction of sp³-hybridized carbons (Fsp3) is 0.600. The number of carbonyl (C=O) groups is 2. The van der Waals surface area contributed by atoms with E-state index in [4.69, 9.17) is 0 Å². The summed E-state index contributed by atoms with van der Waals surface area (Å²) in [4.78, 5) is 34.0. The number of aryl methyl sites for hydroxylation is 1. The van der Waals surface area contributed by atoms with E-state index in [1.165, 1.54) is 0 Å². The van der Waals surface area contributed by atoms with Crippen molar-refractivity contribution in [2.24, 2.45) is 0 Å². The van der Waals surface area contributed by atoms with E-state index in [2.05, 4.69) is 29.2 Å². The minimum Gasteiger partial charge on any atom is -0.337 e. The lowest BCUT2D eigenvalue weighted by Crippen LogP contribution is -2.57. The van der Waals surface area contributed by atoms with E-state index >= 15 is 0 Å². The fourth-order valence-electron chi connectivity index (χ4n) is 4.23. The lowest BCUT2D eigenvalue weighted by atomic mass is 10.0. The van der Waals surface area contributed by atoms with Gasteiger partial charge >= 0.3 is 0 Å². The molecule has 2 aliphatic rings. The number of rotatable bonds is 3. The van der Waals surface area contributed by atoms with Crippen LogP contribution >= 0.6 is 0 Å². The maximum absolute atomic E-state index is 13.3. The molecular weight excluding hydrogens is 356 g/mol. The highest BCUT2D eigenvalue weighted by atomic mass is 16.2. The van der Waals surface area contributed by atoms with Crippen molar-refractivity contribution in [2.45, 2.75) is 45.7 Å². The number of hydrogen-bond donors (Lipinski definition) is 1. The van der Waals surface area contributed by atoms with Crippen molar-refractivity contribution in [1.82, 2.24) is 29.9 Å². The van der Waals surface area contributed by atoms with E-state index in [-0.39, 0.29) is 23.9 Å². The third-order valence-corrected chi connectivity index (χ3v) is 5.73. The van der Waals surface area contributed by atoms with Crippen LogP contribution in [0.5, 0.6) is 0 Å². The monoisotopic (exact) mass is 384 g/mol. The van der Waals surface area contributed by atoms with Crippen molar-refractivity contribution in [3.8, 4) is 0 Å². The molecule has 0 bridgehead atoms. The second kappa shape index (κ2) is 7.50. The first-order valence-electron chi connectivity index (χ1n) is 10.1. The Labute approximate surface area is 164 Å². The van der Waals surface area contributed by atoms with E-state index < -0.39 is 0 Å². The molecule has 2 fully saturated rings. The molecule has 28 heavy (non-hydrogen) atoms. The molecule has 0 spiro atoms. The lowest BCUT2D eigenvalue weighted by molar-refractivity contribution is -0.135. The predicted octanol–water partition coefficient (Wildman–Crippen LogP) is 1.36. The zero-order chi connectivity index (χ0) is 19.8. The number of nitrogens with zero attached hydrogens (tertiary/aromatic N) is 5. The van der Waals surface area contributed by atoms with Gasteiger partial charge in [-0.1, -0.05) is 0 Å². The quantitative estimate of drug-likeness (QED) is 0.864. The molecule has 0 saturated carbocycles. The lowest BCUT2D eigenvalue weighted by Gasteiger charge is -2.41. The summed E-state index contributed by atoms with van der Waals surface area (Å²) in [5.41, 5.74) is 2.16. The number of amides is 2. The number of piperidine rings is 1. The molecule has 1 atom stereocenters. The van der Waals surface area contributed by atoms with E-state index in [1.54, 1.807) is 6.20 Å². The number of nitrogens with one attached hydrogen (secondary N) is 1. The Morgan fingerprint density at radius 2 is 2.14 bits per heavy atom. The second-order valence-corrected chi connectivity index (χ2v) is 8.03. The Kier molecular flexibility index (Phi) is 5.05. The number of pyridine rings is 1. The zero-order valence-corrected chi connectivity index (χ0v) is 16.8. The van der Waals surface area contributed by atoms with Crippen molar-refractivity contribution in [3.05, 3.63) is 23.5 Å². The van der Waals surface area contributed by atoms with Crippen molar-refractivity contribution < 1.29 is 9.59 Å². The van der Waals surface area contributed by atoms with Crippen molar-refractivity contribution in [2.75, 3.05) is 32.7 Å². The van der Waals surface area contributed by atoms with Crippen LogP contribution in [-0.2, 0) is 4.79 Å². The maximum Gasteiger partial charge on any atom is 0.255 e. The van der Waals surface area contributed by atoms with Crippen LogP contribution in [0, 0.1) is 6.92 Å². The zero-order valence-electron chi connectivity index (χ0n) is 16.8. The highest BCUT2D eigenvalue weighted by molar-refractivity contribution is 5.98. The molecule has 4 rings (SSSR count). The molecule has 2 amide bonds. The second-order valence-electron chi connectivity index (χ2n) is 8.03.